The molecule has 0 aliphatic carbocycles. The largest absolute Gasteiger partial charge is 0.346 e. The fourth-order valence-corrected chi connectivity index (χ4v) is 3.42. The number of piperidine rings is 3. The van der Waals surface area contributed by atoms with Crippen LogP contribution in [0, 0.1) is 5.92 Å². The van der Waals surface area contributed by atoms with Crippen molar-refractivity contribution in [2.24, 2.45) is 5.92 Å². The molecule has 1 atom stereocenters. The van der Waals surface area contributed by atoms with Crippen molar-refractivity contribution in [1.82, 2.24) is 19.6 Å². The Morgan fingerprint density at radius 3 is 2.85 bits per heavy atom. The van der Waals surface area contributed by atoms with Crippen LogP contribution in [0.1, 0.15) is 23.3 Å². The molecule has 3 fully saturated rings. The Bertz CT molecular complexity index is 609. The molecule has 20 heavy (non-hydrogen) atoms. The molecule has 5 heteroatoms. The van der Waals surface area contributed by atoms with E-state index < -0.39 is 0 Å². The molecule has 0 saturated carbocycles. The monoisotopic (exact) mass is 270 g/mol. The quantitative estimate of drug-likeness (QED) is 0.891. The number of aromatic nitrogens is 2. The summed E-state index contributed by atoms with van der Waals surface area (Å²) in [7, 11) is 0. The maximum atomic E-state index is 12.4. The van der Waals surface area contributed by atoms with Crippen LogP contribution in [-0.2, 0) is 0 Å². The van der Waals surface area contributed by atoms with Gasteiger partial charge in [-0.05, 0) is 44.0 Å². The Morgan fingerprint density at radius 2 is 2.15 bits per heavy atom. The van der Waals surface area contributed by atoms with E-state index in [9.17, 15) is 4.79 Å². The van der Waals surface area contributed by atoms with Crippen molar-refractivity contribution in [3.05, 3.63) is 36.3 Å². The summed E-state index contributed by atoms with van der Waals surface area (Å²) in [5, 5.41) is 3.17. The lowest BCUT2D eigenvalue weighted by molar-refractivity contribution is 0.0618. The summed E-state index contributed by atoms with van der Waals surface area (Å²) in [6, 6.07) is 6.06. The maximum absolute atomic E-state index is 12.4. The van der Waals surface area contributed by atoms with E-state index in [2.05, 4.69) is 15.2 Å². The number of nitrogens with zero attached hydrogens (tertiary/aromatic N) is 3. The minimum absolute atomic E-state index is 0.0487. The number of imidazole rings is 1. The van der Waals surface area contributed by atoms with Gasteiger partial charge in [-0.1, -0.05) is 6.07 Å². The van der Waals surface area contributed by atoms with Crippen LogP contribution in [-0.4, -0.2) is 45.9 Å². The lowest BCUT2D eigenvalue weighted by Gasteiger charge is -2.44. The standard InChI is InChI=1S/C15H18N4O/c20-15(13-10-19-6-2-1-3-14(19)16-13)17-12-9-18-7-4-11(12)5-8-18/h1-3,6,10-12H,4-5,7-9H2,(H,17,20). The number of pyridine rings is 1. The molecule has 1 N–H and O–H groups in total. The molecule has 5 rings (SSSR count). The summed E-state index contributed by atoms with van der Waals surface area (Å²) >= 11 is 0. The van der Waals surface area contributed by atoms with Crippen LogP contribution in [0.2, 0.25) is 0 Å². The first-order valence-corrected chi connectivity index (χ1v) is 7.26. The van der Waals surface area contributed by atoms with Gasteiger partial charge in [-0.2, -0.15) is 0 Å². The van der Waals surface area contributed by atoms with Crippen molar-refractivity contribution in [3.63, 3.8) is 0 Å². The van der Waals surface area contributed by atoms with E-state index >= 15 is 0 Å². The van der Waals surface area contributed by atoms with Gasteiger partial charge >= 0.3 is 0 Å². The highest BCUT2D eigenvalue weighted by Crippen LogP contribution is 2.27. The van der Waals surface area contributed by atoms with Gasteiger partial charge in [0.1, 0.15) is 11.3 Å². The van der Waals surface area contributed by atoms with Gasteiger partial charge in [0.2, 0.25) is 0 Å². The minimum atomic E-state index is -0.0487. The lowest BCUT2D eigenvalue weighted by atomic mass is 9.84. The predicted molar refractivity (Wildman–Crippen MR) is 75.6 cm³/mol. The van der Waals surface area contributed by atoms with Crippen molar-refractivity contribution in [1.29, 1.82) is 0 Å². The average molecular weight is 270 g/mol. The Kier molecular flexibility index (Phi) is 2.73. The third-order valence-electron chi connectivity index (χ3n) is 4.57. The van der Waals surface area contributed by atoms with Crippen LogP contribution in [0.15, 0.2) is 30.6 Å². The molecule has 5 heterocycles. The molecule has 1 unspecified atom stereocenters. The summed E-state index contributed by atoms with van der Waals surface area (Å²) in [5.74, 6) is 0.591. The summed E-state index contributed by atoms with van der Waals surface area (Å²) in [4.78, 5) is 19.2. The fraction of sp³-hybridized carbons (Fsp3) is 0.467. The summed E-state index contributed by atoms with van der Waals surface area (Å²) in [6.07, 6.45) is 6.12. The SMILES string of the molecule is O=C(NC1CN2CCC1CC2)c1cn2ccccc2n1. The number of fused-ring (bicyclic) bond motifs is 4. The molecule has 3 aliphatic heterocycles. The summed E-state index contributed by atoms with van der Waals surface area (Å²) in [5.41, 5.74) is 1.32. The van der Waals surface area contributed by atoms with Crippen LogP contribution in [0.5, 0.6) is 0 Å². The van der Waals surface area contributed by atoms with Gasteiger partial charge in [-0.15, -0.1) is 0 Å². The number of rotatable bonds is 2. The number of nitrogens with one attached hydrogen (secondary N) is 1. The Balaban J connectivity index is 1.52. The van der Waals surface area contributed by atoms with E-state index in [1.165, 1.54) is 25.9 Å². The van der Waals surface area contributed by atoms with Gasteiger partial charge < -0.3 is 14.6 Å². The number of carbonyl (C=O) groups excluding carboxylic acids is 1. The van der Waals surface area contributed by atoms with Gasteiger partial charge in [0.25, 0.3) is 5.91 Å². The van der Waals surface area contributed by atoms with E-state index in [-0.39, 0.29) is 11.9 Å². The first-order valence-electron chi connectivity index (χ1n) is 7.26. The Morgan fingerprint density at radius 1 is 1.30 bits per heavy atom. The third-order valence-corrected chi connectivity index (χ3v) is 4.57. The smallest absolute Gasteiger partial charge is 0.271 e. The van der Waals surface area contributed by atoms with Crippen LogP contribution < -0.4 is 5.32 Å². The highest BCUT2D eigenvalue weighted by Gasteiger charge is 2.35. The molecule has 0 radical (unpaired) electrons. The normalized spacial score (nSPS) is 28.7. The van der Waals surface area contributed by atoms with Crippen LogP contribution in [0.3, 0.4) is 0 Å². The molecule has 0 aromatic carbocycles. The van der Waals surface area contributed by atoms with Gasteiger partial charge in [0.05, 0.1) is 0 Å². The average Bonchev–Trinajstić information content (AvgIpc) is 2.92. The van der Waals surface area contributed by atoms with E-state index in [1.54, 1.807) is 6.20 Å². The van der Waals surface area contributed by atoms with Crippen molar-refractivity contribution in [2.75, 3.05) is 19.6 Å². The first kappa shape index (κ1) is 11.9. The zero-order valence-electron chi connectivity index (χ0n) is 11.3. The molecule has 1 amide bonds. The zero-order valence-corrected chi connectivity index (χ0v) is 11.3. The summed E-state index contributed by atoms with van der Waals surface area (Å²) in [6.45, 7) is 3.36. The first-order chi connectivity index (χ1) is 9.79. The van der Waals surface area contributed by atoms with Crippen molar-refractivity contribution in [2.45, 2.75) is 18.9 Å². The van der Waals surface area contributed by atoms with Crippen LogP contribution in [0.4, 0.5) is 0 Å². The molecule has 5 nitrogen and oxygen atoms in total. The number of carbonyl (C=O) groups is 1. The highest BCUT2D eigenvalue weighted by molar-refractivity contribution is 5.93. The zero-order chi connectivity index (χ0) is 13.5. The molecule has 3 aliphatic rings. The maximum Gasteiger partial charge on any atom is 0.271 e. The van der Waals surface area contributed by atoms with Gasteiger partial charge in [0.15, 0.2) is 0 Å². The van der Waals surface area contributed by atoms with Crippen molar-refractivity contribution >= 4 is 11.6 Å². The molecule has 0 spiro atoms. The molecule has 2 aromatic heterocycles. The Labute approximate surface area is 117 Å². The van der Waals surface area contributed by atoms with Crippen molar-refractivity contribution in [3.8, 4) is 0 Å². The van der Waals surface area contributed by atoms with E-state index in [0.717, 1.165) is 12.2 Å². The van der Waals surface area contributed by atoms with Gasteiger partial charge in [0, 0.05) is 25.0 Å². The van der Waals surface area contributed by atoms with Gasteiger partial charge in [-0.25, -0.2) is 4.98 Å². The molecule has 2 aromatic rings. The van der Waals surface area contributed by atoms with E-state index in [4.69, 9.17) is 0 Å². The number of amides is 1. The summed E-state index contributed by atoms with van der Waals surface area (Å²) < 4.78 is 1.88. The number of hydrogen-bond donors (Lipinski definition) is 1. The highest BCUT2D eigenvalue weighted by atomic mass is 16.2. The van der Waals surface area contributed by atoms with Crippen molar-refractivity contribution < 1.29 is 4.79 Å². The molecular formula is C15H18N4O. The molecule has 104 valence electrons. The second-order valence-electron chi connectivity index (χ2n) is 5.81. The second-order valence-corrected chi connectivity index (χ2v) is 5.81. The second kappa shape index (κ2) is 4.59. The Hall–Kier alpha value is -1.88. The third kappa shape index (κ3) is 1.98. The van der Waals surface area contributed by atoms with E-state index in [0.29, 0.717) is 11.6 Å². The fourth-order valence-electron chi connectivity index (χ4n) is 3.42. The van der Waals surface area contributed by atoms with Crippen LogP contribution in [0.25, 0.3) is 5.65 Å². The number of hydrogen-bond acceptors (Lipinski definition) is 3. The van der Waals surface area contributed by atoms with Gasteiger partial charge in [-0.3, -0.25) is 4.79 Å². The molecular weight excluding hydrogens is 252 g/mol. The molecule has 2 bridgehead atoms. The topological polar surface area (TPSA) is 49.6 Å². The molecule has 3 saturated heterocycles. The van der Waals surface area contributed by atoms with Crippen LogP contribution >= 0.6 is 0 Å². The lowest BCUT2D eigenvalue weighted by Crippen LogP contribution is -2.57. The predicted octanol–water partition coefficient (Wildman–Crippen LogP) is 1.16. The minimum Gasteiger partial charge on any atom is -0.346 e. The van der Waals surface area contributed by atoms with E-state index in [1.807, 2.05) is 28.8 Å².